The number of urea groups is 1. The fourth-order valence-electron chi connectivity index (χ4n) is 2.60. The molecule has 0 atom stereocenters. The minimum Gasteiger partial charge on any atom is -0.497 e. The zero-order chi connectivity index (χ0) is 19.2. The number of rotatable bonds is 7. The lowest BCUT2D eigenvalue weighted by molar-refractivity contribution is 0.251. The molecule has 0 aliphatic heterocycles. The Kier molecular flexibility index (Phi) is 6.02. The molecule has 0 bridgehead atoms. The van der Waals surface area contributed by atoms with Crippen LogP contribution >= 0.6 is 11.5 Å². The SMILES string of the molecule is CCc1noc(CC)c1CNC(=O)Nc1nc(-c2cccc(OC)c2)ns1. The molecule has 0 radical (unpaired) electrons. The molecule has 9 heteroatoms. The second kappa shape index (κ2) is 8.63. The highest BCUT2D eigenvalue weighted by atomic mass is 32.1. The monoisotopic (exact) mass is 387 g/mol. The van der Waals surface area contributed by atoms with Crippen LogP contribution in [0.1, 0.15) is 30.9 Å². The fraction of sp³-hybridized carbons (Fsp3) is 0.333. The molecule has 27 heavy (non-hydrogen) atoms. The van der Waals surface area contributed by atoms with E-state index in [9.17, 15) is 4.79 Å². The number of ether oxygens (including phenoxy) is 1. The highest BCUT2D eigenvalue weighted by Gasteiger charge is 2.15. The number of aryl methyl sites for hydroxylation is 2. The van der Waals surface area contributed by atoms with Crippen LogP contribution in [-0.2, 0) is 19.4 Å². The smallest absolute Gasteiger partial charge is 0.321 e. The minimum atomic E-state index is -0.353. The van der Waals surface area contributed by atoms with Gasteiger partial charge in [0, 0.05) is 35.6 Å². The van der Waals surface area contributed by atoms with Crippen LogP contribution < -0.4 is 15.4 Å². The van der Waals surface area contributed by atoms with Gasteiger partial charge in [0.15, 0.2) is 5.82 Å². The largest absolute Gasteiger partial charge is 0.497 e. The van der Waals surface area contributed by atoms with Gasteiger partial charge in [-0.25, -0.2) is 4.79 Å². The van der Waals surface area contributed by atoms with Crippen molar-refractivity contribution in [2.45, 2.75) is 33.2 Å². The first-order chi connectivity index (χ1) is 13.1. The van der Waals surface area contributed by atoms with Crippen molar-refractivity contribution in [1.29, 1.82) is 0 Å². The van der Waals surface area contributed by atoms with Crippen molar-refractivity contribution in [3.63, 3.8) is 0 Å². The second-order valence-electron chi connectivity index (χ2n) is 5.70. The van der Waals surface area contributed by atoms with Crippen molar-refractivity contribution in [1.82, 2.24) is 19.8 Å². The summed E-state index contributed by atoms with van der Waals surface area (Å²) in [5.74, 6) is 2.06. The normalized spacial score (nSPS) is 10.6. The number of amides is 2. The Balaban J connectivity index is 1.62. The first-order valence-corrected chi connectivity index (χ1v) is 9.41. The molecule has 3 aromatic rings. The summed E-state index contributed by atoms with van der Waals surface area (Å²) in [7, 11) is 1.61. The number of benzene rings is 1. The summed E-state index contributed by atoms with van der Waals surface area (Å²) in [5, 5.41) is 9.99. The Labute approximate surface area is 161 Å². The van der Waals surface area contributed by atoms with Gasteiger partial charge in [-0.05, 0) is 18.6 Å². The van der Waals surface area contributed by atoms with Crippen LogP contribution in [0.5, 0.6) is 5.75 Å². The van der Waals surface area contributed by atoms with Gasteiger partial charge in [-0.15, -0.1) is 0 Å². The number of methoxy groups -OCH3 is 1. The van der Waals surface area contributed by atoms with Gasteiger partial charge in [-0.2, -0.15) is 9.36 Å². The molecule has 0 aliphatic rings. The summed E-state index contributed by atoms with van der Waals surface area (Å²) in [6.07, 6.45) is 1.48. The first kappa shape index (κ1) is 18.8. The van der Waals surface area contributed by atoms with Crippen LogP contribution in [0.25, 0.3) is 11.4 Å². The summed E-state index contributed by atoms with van der Waals surface area (Å²) in [4.78, 5) is 16.6. The molecule has 0 unspecified atom stereocenters. The van der Waals surface area contributed by atoms with Gasteiger partial charge in [0.05, 0.1) is 12.8 Å². The maximum Gasteiger partial charge on any atom is 0.321 e. The van der Waals surface area contributed by atoms with Crippen molar-refractivity contribution >= 4 is 22.7 Å². The molecule has 2 heterocycles. The van der Waals surface area contributed by atoms with Crippen LogP contribution in [-0.4, -0.2) is 27.7 Å². The van der Waals surface area contributed by atoms with E-state index in [4.69, 9.17) is 9.26 Å². The van der Waals surface area contributed by atoms with Crippen LogP contribution in [0.4, 0.5) is 9.93 Å². The van der Waals surface area contributed by atoms with Gasteiger partial charge < -0.3 is 14.6 Å². The summed E-state index contributed by atoms with van der Waals surface area (Å²) < 4.78 is 14.8. The Hall–Kier alpha value is -2.94. The molecular formula is C18H21N5O3S. The van der Waals surface area contributed by atoms with Gasteiger partial charge in [0.1, 0.15) is 11.5 Å². The van der Waals surface area contributed by atoms with Crippen molar-refractivity contribution < 1.29 is 14.1 Å². The number of aromatic nitrogens is 3. The summed E-state index contributed by atoms with van der Waals surface area (Å²) in [6, 6.07) is 7.09. The Morgan fingerprint density at radius 3 is 2.89 bits per heavy atom. The molecule has 142 valence electrons. The van der Waals surface area contributed by atoms with Crippen LogP contribution in [0.2, 0.25) is 0 Å². The molecule has 2 aromatic heterocycles. The van der Waals surface area contributed by atoms with Crippen LogP contribution in [0, 0.1) is 0 Å². The van der Waals surface area contributed by atoms with Gasteiger partial charge in [-0.3, -0.25) is 5.32 Å². The number of nitrogens with zero attached hydrogens (tertiary/aromatic N) is 3. The number of hydrogen-bond acceptors (Lipinski definition) is 7. The lowest BCUT2D eigenvalue weighted by atomic mass is 10.1. The van der Waals surface area contributed by atoms with E-state index in [0.29, 0.717) is 17.5 Å². The van der Waals surface area contributed by atoms with Gasteiger partial charge in [0.2, 0.25) is 5.13 Å². The summed E-state index contributed by atoms with van der Waals surface area (Å²) >= 11 is 1.12. The van der Waals surface area contributed by atoms with Crippen molar-refractivity contribution in [2.75, 3.05) is 12.4 Å². The molecule has 2 amide bonds. The third kappa shape index (κ3) is 4.43. The molecule has 3 rings (SSSR count). The van der Waals surface area contributed by atoms with E-state index in [1.165, 1.54) is 0 Å². The van der Waals surface area contributed by atoms with Gasteiger partial charge in [-0.1, -0.05) is 31.1 Å². The Morgan fingerprint density at radius 2 is 2.15 bits per heavy atom. The quantitative estimate of drug-likeness (QED) is 0.642. The highest BCUT2D eigenvalue weighted by Crippen LogP contribution is 2.24. The maximum absolute atomic E-state index is 12.2. The molecule has 8 nitrogen and oxygen atoms in total. The zero-order valence-corrected chi connectivity index (χ0v) is 16.2. The number of hydrogen-bond donors (Lipinski definition) is 2. The average Bonchev–Trinajstić information content (AvgIpc) is 3.32. The highest BCUT2D eigenvalue weighted by molar-refractivity contribution is 7.10. The second-order valence-corrected chi connectivity index (χ2v) is 6.45. The molecule has 2 N–H and O–H groups in total. The predicted octanol–water partition coefficient (Wildman–Crippen LogP) is 3.65. The minimum absolute atomic E-state index is 0.350. The standard InChI is InChI=1S/C18H21N5O3S/c1-4-14-13(15(5-2)26-22-14)10-19-17(24)21-18-20-16(23-27-18)11-7-6-8-12(9-11)25-3/h6-9H,4-5,10H2,1-3H3,(H2,19,20,21,23,24). The topological polar surface area (TPSA) is 102 Å². The van der Waals surface area contributed by atoms with E-state index in [1.54, 1.807) is 7.11 Å². The molecule has 0 saturated heterocycles. The lowest BCUT2D eigenvalue weighted by Crippen LogP contribution is -2.28. The van der Waals surface area contributed by atoms with Gasteiger partial charge in [0.25, 0.3) is 0 Å². The van der Waals surface area contributed by atoms with Crippen molar-refractivity contribution in [3.05, 3.63) is 41.3 Å². The molecule has 0 aliphatic carbocycles. The number of carbonyl (C=O) groups excluding carboxylic acids is 1. The van der Waals surface area contributed by atoms with Crippen LogP contribution in [0.15, 0.2) is 28.8 Å². The number of nitrogens with one attached hydrogen (secondary N) is 2. The van der Waals surface area contributed by atoms with E-state index in [0.717, 1.165) is 52.7 Å². The maximum atomic E-state index is 12.2. The zero-order valence-electron chi connectivity index (χ0n) is 15.4. The van der Waals surface area contributed by atoms with E-state index >= 15 is 0 Å². The summed E-state index contributed by atoms with van der Waals surface area (Å²) in [5.41, 5.74) is 2.62. The van der Waals surface area contributed by atoms with Crippen molar-refractivity contribution in [3.8, 4) is 17.1 Å². The predicted molar refractivity (Wildman–Crippen MR) is 103 cm³/mol. The third-order valence-electron chi connectivity index (χ3n) is 4.01. The molecular weight excluding hydrogens is 366 g/mol. The third-order valence-corrected chi connectivity index (χ3v) is 4.64. The van der Waals surface area contributed by atoms with E-state index < -0.39 is 0 Å². The fourth-order valence-corrected chi connectivity index (χ4v) is 3.19. The van der Waals surface area contributed by atoms with Crippen molar-refractivity contribution in [2.24, 2.45) is 0 Å². The molecule has 0 spiro atoms. The van der Waals surface area contributed by atoms with E-state index in [-0.39, 0.29) is 6.03 Å². The first-order valence-electron chi connectivity index (χ1n) is 8.63. The molecule has 0 fully saturated rings. The molecule has 0 saturated carbocycles. The van der Waals surface area contributed by atoms with E-state index in [2.05, 4.69) is 25.1 Å². The van der Waals surface area contributed by atoms with Gasteiger partial charge >= 0.3 is 6.03 Å². The summed E-state index contributed by atoms with van der Waals surface area (Å²) in [6.45, 7) is 4.34. The molecule has 1 aromatic carbocycles. The van der Waals surface area contributed by atoms with E-state index in [1.807, 2.05) is 38.1 Å². The Bertz CT molecular complexity index is 900. The van der Waals surface area contributed by atoms with Crippen LogP contribution in [0.3, 0.4) is 0 Å². The number of carbonyl (C=O) groups is 1. The number of anilines is 1. The Morgan fingerprint density at radius 1 is 1.30 bits per heavy atom. The average molecular weight is 387 g/mol. The lowest BCUT2D eigenvalue weighted by Gasteiger charge is -2.05.